The third-order valence-electron chi connectivity index (χ3n) is 12.7. The number of allylic oxidation sites excluding steroid dienone is 2. The van der Waals surface area contributed by atoms with E-state index in [-0.39, 0.29) is 97.4 Å². The van der Waals surface area contributed by atoms with Gasteiger partial charge in [0, 0.05) is 80.3 Å². The second-order valence-corrected chi connectivity index (χ2v) is 33.2. The SMILES string of the molecule is COc1cc2c(cc1OCCCOc1cc3c(cc1OC)C(=O)N1C=C(OS(=O)(=O)C(F)(F)F)C[C@H]1C(=O)N3COCC[Si](C)(C)C)N(COCC[Si](C)(C)C)C(=O)C1CC(C3=CCC(OC)C=C3)=CN1C2=O. The normalized spacial score (nSPS) is 20.2. The van der Waals surface area contributed by atoms with Crippen LogP contribution in [-0.2, 0) is 38.1 Å². The van der Waals surface area contributed by atoms with E-state index < -0.39 is 67.9 Å². The third kappa shape index (κ3) is 12.5. The molecule has 24 heteroatoms. The maximum absolute atomic E-state index is 14.6. The zero-order valence-corrected chi connectivity index (χ0v) is 45.3. The van der Waals surface area contributed by atoms with Gasteiger partial charge in [-0.2, -0.15) is 21.6 Å². The number of amides is 4. The highest BCUT2D eigenvalue weighted by molar-refractivity contribution is 7.87. The van der Waals surface area contributed by atoms with Crippen LogP contribution in [0.25, 0.3) is 0 Å². The molecule has 1 aliphatic carbocycles. The Morgan fingerprint density at radius 2 is 1.16 bits per heavy atom. The molecule has 2 unspecified atom stereocenters. The van der Waals surface area contributed by atoms with Crippen LogP contribution < -0.4 is 28.7 Å². The van der Waals surface area contributed by atoms with Crippen molar-refractivity contribution in [2.45, 2.75) is 101 Å². The van der Waals surface area contributed by atoms with Gasteiger partial charge in [-0.15, -0.1) is 0 Å². The molecule has 73 heavy (non-hydrogen) atoms. The first-order valence-electron chi connectivity index (χ1n) is 23.8. The predicted molar refractivity (Wildman–Crippen MR) is 269 cm³/mol. The van der Waals surface area contributed by atoms with Crippen LogP contribution in [-0.4, -0.2) is 143 Å². The summed E-state index contributed by atoms with van der Waals surface area (Å²) in [7, 11) is -4.76. The molecule has 0 saturated heterocycles. The number of benzene rings is 2. The summed E-state index contributed by atoms with van der Waals surface area (Å²) in [4.78, 5) is 62.3. The quantitative estimate of drug-likeness (QED) is 0.0481. The molecule has 0 bridgehead atoms. The largest absolute Gasteiger partial charge is 0.534 e. The van der Waals surface area contributed by atoms with E-state index in [2.05, 4.69) is 43.5 Å². The first kappa shape index (κ1) is 55.1. The molecule has 0 fully saturated rings. The topological polar surface area (TPSA) is 189 Å². The van der Waals surface area contributed by atoms with Crippen LogP contribution in [0.5, 0.6) is 23.0 Å². The second kappa shape index (κ2) is 22.0. The van der Waals surface area contributed by atoms with Crippen LogP contribution in [0.3, 0.4) is 0 Å². The van der Waals surface area contributed by atoms with Crippen LogP contribution in [0.15, 0.2) is 71.8 Å². The van der Waals surface area contributed by atoms with Crippen LogP contribution in [0, 0.1) is 0 Å². The van der Waals surface area contributed by atoms with Crippen molar-refractivity contribution in [3.63, 3.8) is 0 Å². The van der Waals surface area contributed by atoms with Crippen molar-refractivity contribution in [2.75, 3.05) is 71.0 Å². The molecule has 0 aromatic heterocycles. The molecule has 398 valence electrons. The Balaban J connectivity index is 1.11. The molecule has 2 aromatic carbocycles. The van der Waals surface area contributed by atoms with Crippen molar-refractivity contribution >= 4 is 61.3 Å². The minimum Gasteiger partial charge on any atom is -0.493 e. The molecule has 4 heterocycles. The predicted octanol–water partition coefficient (Wildman–Crippen LogP) is 7.79. The van der Waals surface area contributed by atoms with Crippen molar-refractivity contribution in [2.24, 2.45) is 0 Å². The molecule has 18 nitrogen and oxygen atoms in total. The Labute approximate surface area is 425 Å². The number of nitrogens with zero attached hydrogens (tertiary/aromatic N) is 4. The lowest BCUT2D eigenvalue weighted by molar-refractivity contribution is -0.123. The summed E-state index contributed by atoms with van der Waals surface area (Å²) >= 11 is 0. The average Bonchev–Trinajstić information content (AvgIpc) is 3.94. The van der Waals surface area contributed by atoms with Gasteiger partial charge in [0.25, 0.3) is 23.6 Å². The van der Waals surface area contributed by atoms with Gasteiger partial charge >= 0.3 is 15.6 Å². The number of hydrogen-bond donors (Lipinski definition) is 0. The molecule has 0 N–H and O–H groups in total. The van der Waals surface area contributed by atoms with E-state index >= 15 is 0 Å². The van der Waals surface area contributed by atoms with Crippen molar-refractivity contribution in [3.8, 4) is 23.0 Å². The van der Waals surface area contributed by atoms with Gasteiger partial charge in [0.2, 0.25) is 0 Å². The standard InChI is InChI=1S/C49H63F3N4O14SSi2/c1-63-33-13-11-31(12-14-33)32-21-39-47(59)55(29-66-17-19-72(4,5)6)37-25-43(41(64-2)23-35(37)45(57)53(39)27-32)68-15-10-16-69-44-26-38-36(24-42(44)65-3)46(58)54-28-34(70-71(61,62)49(50,51)52)22-40(54)48(60)56(38)30-67-18-20-73(7,8)9/h11-13,23-28,33,39-40H,10,14-22,29-30H2,1-9H3/t33?,39?,40-/m0/s1. The first-order valence-corrected chi connectivity index (χ1v) is 32.6. The second-order valence-electron chi connectivity index (χ2n) is 20.4. The molecular weight excluding hydrogens is 1010 g/mol. The van der Waals surface area contributed by atoms with Gasteiger partial charge in [-0.05, 0) is 41.8 Å². The highest BCUT2D eigenvalue weighted by Gasteiger charge is 2.51. The number of halogens is 3. The number of hydrogen-bond acceptors (Lipinski definition) is 14. The highest BCUT2D eigenvalue weighted by atomic mass is 32.2. The Morgan fingerprint density at radius 1 is 0.671 bits per heavy atom. The Bertz CT molecular complexity index is 2720. The van der Waals surface area contributed by atoms with E-state index in [9.17, 15) is 40.8 Å². The highest BCUT2D eigenvalue weighted by Crippen LogP contribution is 2.44. The van der Waals surface area contributed by atoms with E-state index in [0.717, 1.165) is 39.2 Å². The maximum atomic E-state index is 14.6. The van der Waals surface area contributed by atoms with Gasteiger partial charge in [0.15, 0.2) is 23.0 Å². The lowest BCUT2D eigenvalue weighted by atomic mass is 9.96. The molecule has 3 atom stereocenters. The fourth-order valence-corrected chi connectivity index (χ4v) is 10.5. The smallest absolute Gasteiger partial charge is 0.493 e. The Kier molecular flexibility index (Phi) is 16.6. The summed E-state index contributed by atoms with van der Waals surface area (Å²) in [5.41, 5.74) is -3.48. The van der Waals surface area contributed by atoms with Crippen molar-refractivity contribution in [3.05, 3.63) is 82.9 Å². The van der Waals surface area contributed by atoms with E-state index in [1.807, 2.05) is 18.2 Å². The number of rotatable bonds is 22. The van der Waals surface area contributed by atoms with E-state index in [1.54, 1.807) is 25.4 Å². The van der Waals surface area contributed by atoms with E-state index in [1.165, 1.54) is 36.2 Å². The summed E-state index contributed by atoms with van der Waals surface area (Å²) in [6.07, 6.45) is 8.99. The van der Waals surface area contributed by atoms with Crippen LogP contribution in [0.1, 0.15) is 46.4 Å². The molecule has 0 radical (unpaired) electrons. The minimum absolute atomic E-state index is 0.0138. The summed E-state index contributed by atoms with van der Waals surface area (Å²) in [6.45, 7) is 13.4. The van der Waals surface area contributed by atoms with Gasteiger partial charge in [0.05, 0.1) is 56.0 Å². The van der Waals surface area contributed by atoms with Gasteiger partial charge in [-0.1, -0.05) is 57.5 Å². The van der Waals surface area contributed by atoms with E-state index in [4.69, 9.17) is 33.2 Å². The molecule has 7 rings (SSSR count). The fraction of sp³-hybridized carbons (Fsp3) is 0.510. The Morgan fingerprint density at radius 3 is 1.60 bits per heavy atom. The summed E-state index contributed by atoms with van der Waals surface area (Å²) in [5, 5.41) is 0. The number of carbonyl (C=O) groups is 4. The van der Waals surface area contributed by atoms with Gasteiger partial charge in [-0.3, -0.25) is 33.9 Å². The number of fused-ring (bicyclic) bond motifs is 4. The number of anilines is 2. The van der Waals surface area contributed by atoms with Crippen LogP contribution >= 0.6 is 0 Å². The lowest BCUT2D eigenvalue weighted by Gasteiger charge is -2.27. The van der Waals surface area contributed by atoms with Gasteiger partial charge in [0.1, 0.15) is 31.3 Å². The van der Waals surface area contributed by atoms with Crippen molar-refractivity contribution < 1.29 is 78.1 Å². The van der Waals surface area contributed by atoms with Crippen LogP contribution in [0.2, 0.25) is 51.4 Å². The molecule has 2 aromatic rings. The van der Waals surface area contributed by atoms with E-state index in [0.29, 0.717) is 25.1 Å². The van der Waals surface area contributed by atoms with Crippen molar-refractivity contribution in [1.29, 1.82) is 0 Å². The summed E-state index contributed by atoms with van der Waals surface area (Å²) in [5.74, 6) is -2.36. The molecule has 0 spiro atoms. The van der Waals surface area contributed by atoms with Gasteiger partial charge in [-0.25, -0.2) is 0 Å². The lowest BCUT2D eigenvalue weighted by Crippen LogP contribution is -2.45. The zero-order chi connectivity index (χ0) is 53.2. The number of alkyl halides is 3. The average molecular weight is 1080 g/mol. The Hall–Kier alpha value is -5.67. The molecule has 4 amide bonds. The molecule has 5 aliphatic rings. The zero-order valence-electron chi connectivity index (χ0n) is 42.5. The number of methoxy groups -OCH3 is 3. The first-order chi connectivity index (χ1) is 34.3. The van der Waals surface area contributed by atoms with Gasteiger partial charge < -0.3 is 42.2 Å². The third-order valence-corrected chi connectivity index (χ3v) is 17.1. The number of carbonyl (C=O) groups excluding carboxylic acids is 4. The van der Waals surface area contributed by atoms with Crippen molar-refractivity contribution in [1.82, 2.24) is 9.80 Å². The maximum Gasteiger partial charge on any atom is 0.534 e. The monoisotopic (exact) mass is 1080 g/mol. The molecule has 4 aliphatic heterocycles. The number of ether oxygens (including phenoxy) is 7. The van der Waals surface area contributed by atoms with Crippen LogP contribution in [0.4, 0.5) is 24.5 Å². The molecule has 0 saturated carbocycles. The molecular formula is C49H63F3N4O14SSi2. The summed E-state index contributed by atoms with van der Waals surface area (Å²) in [6, 6.07) is 5.23. The minimum atomic E-state index is -6.09. The fourth-order valence-electron chi connectivity index (χ4n) is 8.53. The summed E-state index contributed by atoms with van der Waals surface area (Å²) < 4.78 is 109.